The lowest BCUT2D eigenvalue weighted by Gasteiger charge is -2.34. The highest BCUT2D eigenvalue weighted by Crippen LogP contribution is 2.36. The van der Waals surface area contributed by atoms with Crippen molar-refractivity contribution in [3.05, 3.63) is 23.8 Å². The molecule has 4 nitrogen and oxygen atoms in total. The van der Waals surface area contributed by atoms with Crippen LogP contribution in [0.5, 0.6) is 5.75 Å². The second-order valence-electron chi connectivity index (χ2n) is 4.96. The first-order valence-electron chi connectivity index (χ1n) is 7.33. The summed E-state index contributed by atoms with van der Waals surface area (Å²) in [5.74, 6) is 0.686. The Hall–Kier alpha value is -1.26. The summed E-state index contributed by atoms with van der Waals surface area (Å²) in [6.45, 7) is 6.67. The summed E-state index contributed by atoms with van der Waals surface area (Å²) in [4.78, 5) is 2.17. The van der Waals surface area contributed by atoms with Crippen LogP contribution in [0.2, 0.25) is 0 Å². The molecule has 0 fully saturated rings. The molecule has 0 heterocycles. The van der Waals surface area contributed by atoms with E-state index in [-0.39, 0.29) is 6.61 Å². The summed E-state index contributed by atoms with van der Waals surface area (Å²) in [5, 5.41) is 19.5. The number of methoxy groups -OCH3 is 1. The zero-order valence-corrected chi connectivity index (χ0v) is 13.0. The first kappa shape index (κ1) is 16.8. The van der Waals surface area contributed by atoms with Crippen LogP contribution < -0.4 is 9.64 Å². The van der Waals surface area contributed by atoms with Gasteiger partial charge in [0.05, 0.1) is 19.8 Å². The van der Waals surface area contributed by atoms with Gasteiger partial charge in [-0.2, -0.15) is 0 Å². The molecule has 0 saturated carbocycles. The number of hydrogen-bond donors (Lipinski definition) is 2. The molecule has 0 bridgehead atoms. The van der Waals surface area contributed by atoms with Crippen molar-refractivity contribution >= 4 is 5.69 Å². The van der Waals surface area contributed by atoms with Gasteiger partial charge in [0.1, 0.15) is 5.75 Å². The van der Waals surface area contributed by atoms with Crippen molar-refractivity contribution in [2.45, 2.75) is 45.8 Å². The SMILES string of the molecule is CCC(CC)N(CCO)c1cccc(OC)c1C(C)O. The molecule has 2 N–H and O–H groups in total. The van der Waals surface area contributed by atoms with Gasteiger partial charge in [0.25, 0.3) is 0 Å². The minimum absolute atomic E-state index is 0.0902. The van der Waals surface area contributed by atoms with Gasteiger partial charge in [0.15, 0.2) is 0 Å². The van der Waals surface area contributed by atoms with E-state index in [1.54, 1.807) is 14.0 Å². The third-order valence-corrected chi connectivity index (χ3v) is 3.71. The summed E-state index contributed by atoms with van der Waals surface area (Å²) >= 11 is 0. The van der Waals surface area contributed by atoms with Crippen LogP contribution in [-0.2, 0) is 0 Å². The summed E-state index contributed by atoms with van der Waals surface area (Å²) in [5.41, 5.74) is 1.73. The maximum Gasteiger partial charge on any atom is 0.126 e. The van der Waals surface area contributed by atoms with Crippen molar-refractivity contribution < 1.29 is 14.9 Å². The van der Waals surface area contributed by atoms with Gasteiger partial charge in [-0.1, -0.05) is 19.9 Å². The predicted molar refractivity (Wildman–Crippen MR) is 82.4 cm³/mol. The van der Waals surface area contributed by atoms with Gasteiger partial charge in [-0.05, 0) is 31.9 Å². The molecule has 0 aliphatic rings. The topological polar surface area (TPSA) is 52.9 Å². The molecule has 20 heavy (non-hydrogen) atoms. The predicted octanol–water partition coefficient (Wildman–Crippen LogP) is 2.74. The lowest BCUT2D eigenvalue weighted by atomic mass is 10.0. The molecule has 0 saturated heterocycles. The molecule has 1 aromatic carbocycles. The molecule has 1 rings (SSSR count). The molecule has 1 atom stereocenters. The first-order valence-corrected chi connectivity index (χ1v) is 7.33. The lowest BCUT2D eigenvalue weighted by molar-refractivity contribution is 0.194. The van der Waals surface area contributed by atoms with Gasteiger partial charge in [0.2, 0.25) is 0 Å². The van der Waals surface area contributed by atoms with E-state index in [1.165, 1.54) is 0 Å². The molecule has 0 amide bonds. The van der Waals surface area contributed by atoms with Crippen LogP contribution >= 0.6 is 0 Å². The van der Waals surface area contributed by atoms with Crippen LogP contribution in [0.15, 0.2) is 18.2 Å². The minimum Gasteiger partial charge on any atom is -0.496 e. The fraction of sp³-hybridized carbons (Fsp3) is 0.625. The number of hydrogen-bond acceptors (Lipinski definition) is 4. The maximum atomic E-state index is 10.1. The molecule has 114 valence electrons. The minimum atomic E-state index is -0.614. The van der Waals surface area contributed by atoms with E-state index >= 15 is 0 Å². The first-order chi connectivity index (χ1) is 9.60. The largest absolute Gasteiger partial charge is 0.496 e. The number of ether oxygens (including phenoxy) is 1. The summed E-state index contributed by atoms with van der Waals surface area (Å²) in [6.07, 6.45) is 1.37. The highest BCUT2D eigenvalue weighted by Gasteiger charge is 2.22. The van der Waals surface area contributed by atoms with Crippen molar-refractivity contribution in [1.29, 1.82) is 0 Å². The van der Waals surface area contributed by atoms with Crippen LogP contribution in [0.3, 0.4) is 0 Å². The molecule has 1 unspecified atom stereocenters. The van der Waals surface area contributed by atoms with Crippen LogP contribution in [0, 0.1) is 0 Å². The van der Waals surface area contributed by atoms with E-state index in [0.29, 0.717) is 18.3 Å². The fourth-order valence-electron chi connectivity index (χ4n) is 2.72. The van der Waals surface area contributed by atoms with Crippen LogP contribution in [-0.4, -0.2) is 36.5 Å². The summed E-state index contributed by atoms with van der Waals surface area (Å²) in [7, 11) is 1.61. The van der Waals surface area contributed by atoms with Gasteiger partial charge in [0, 0.05) is 23.8 Å². The van der Waals surface area contributed by atoms with Crippen molar-refractivity contribution in [2.24, 2.45) is 0 Å². The van der Waals surface area contributed by atoms with Gasteiger partial charge in [-0.3, -0.25) is 0 Å². The van der Waals surface area contributed by atoms with Crippen LogP contribution in [0.1, 0.15) is 45.3 Å². The number of nitrogens with zero attached hydrogens (tertiary/aromatic N) is 1. The van der Waals surface area contributed by atoms with Crippen molar-refractivity contribution in [3.63, 3.8) is 0 Å². The molecule has 0 aliphatic heterocycles. The fourth-order valence-corrected chi connectivity index (χ4v) is 2.72. The van der Waals surface area contributed by atoms with E-state index in [0.717, 1.165) is 24.1 Å². The number of benzene rings is 1. The number of anilines is 1. The molecular weight excluding hydrogens is 254 g/mol. The van der Waals surface area contributed by atoms with Crippen LogP contribution in [0.4, 0.5) is 5.69 Å². The van der Waals surface area contributed by atoms with Crippen molar-refractivity contribution in [2.75, 3.05) is 25.2 Å². The molecule has 4 heteroatoms. The Bertz CT molecular complexity index is 403. The zero-order chi connectivity index (χ0) is 15.1. The maximum absolute atomic E-state index is 10.1. The smallest absolute Gasteiger partial charge is 0.126 e. The van der Waals surface area contributed by atoms with E-state index in [2.05, 4.69) is 18.7 Å². The molecular formula is C16H27NO3. The molecule has 1 aromatic rings. The summed E-state index contributed by atoms with van der Waals surface area (Å²) in [6, 6.07) is 6.10. The second-order valence-corrected chi connectivity index (χ2v) is 4.96. The number of aliphatic hydroxyl groups is 2. The number of rotatable bonds is 8. The Morgan fingerprint density at radius 3 is 2.35 bits per heavy atom. The third-order valence-electron chi connectivity index (χ3n) is 3.71. The highest BCUT2D eigenvalue weighted by molar-refractivity contribution is 5.61. The summed E-state index contributed by atoms with van der Waals surface area (Å²) < 4.78 is 5.37. The van der Waals surface area contributed by atoms with E-state index in [4.69, 9.17) is 4.74 Å². The molecule has 0 spiro atoms. The van der Waals surface area contributed by atoms with Gasteiger partial charge in [-0.25, -0.2) is 0 Å². The molecule has 0 aromatic heterocycles. The average Bonchev–Trinajstić information content (AvgIpc) is 2.46. The zero-order valence-electron chi connectivity index (χ0n) is 13.0. The second kappa shape index (κ2) is 8.12. The van der Waals surface area contributed by atoms with Crippen LogP contribution in [0.25, 0.3) is 0 Å². The Kier molecular flexibility index (Phi) is 6.82. The van der Waals surface area contributed by atoms with E-state index in [9.17, 15) is 10.2 Å². The quantitative estimate of drug-likeness (QED) is 0.769. The van der Waals surface area contributed by atoms with Gasteiger partial charge in [-0.15, -0.1) is 0 Å². The molecule has 0 aliphatic carbocycles. The van der Waals surface area contributed by atoms with Crippen molar-refractivity contribution in [1.82, 2.24) is 0 Å². The Labute approximate surface area is 122 Å². The van der Waals surface area contributed by atoms with E-state index < -0.39 is 6.10 Å². The average molecular weight is 281 g/mol. The Morgan fingerprint density at radius 1 is 1.25 bits per heavy atom. The molecule has 0 radical (unpaired) electrons. The Morgan fingerprint density at radius 2 is 1.90 bits per heavy atom. The van der Waals surface area contributed by atoms with E-state index in [1.807, 2.05) is 18.2 Å². The standard InChI is InChI=1S/C16H27NO3/c1-5-13(6-2)17(10-11-18)14-8-7-9-15(20-4)16(14)12(3)19/h7-9,12-13,18-19H,5-6,10-11H2,1-4H3. The Balaban J connectivity index is 3.31. The monoisotopic (exact) mass is 281 g/mol. The van der Waals surface area contributed by atoms with Crippen molar-refractivity contribution in [3.8, 4) is 5.75 Å². The van der Waals surface area contributed by atoms with Gasteiger partial charge < -0.3 is 19.8 Å². The highest BCUT2D eigenvalue weighted by atomic mass is 16.5. The number of aliphatic hydroxyl groups excluding tert-OH is 2. The third kappa shape index (κ3) is 3.64. The van der Waals surface area contributed by atoms with Gasteiger partial charge >= 0.3 is 0 Å². The lowest BCUT2D eigenvalue weighted by Crippen LogP contribution is -2.37. The normalized spacial score (nSPS) is 12.6.